The summed E-state index contributed by atoms with van der Waals surface area (Å²) in [6, 6.07) is 0. The van der Waals surface area contributed by atoms with E-state index in [0.29, 0.717) is 0 Å². The highest BCUT2D eigenvalue weighted by Gasteiger charge is 2.64. The van der Waals surface area contributed by atoms with Crippen molar-refractivity contribution < 1.29 is 25.9 Å². The average molecular weight is 202 g/mol. The summed E-state index contributed by atoms with van der Waals surface area (Å²) in [5, 5.41) is 0. The van der Waals surface area contributed by atoms with Crippen LogP contribution in [0.25, 0.3) is 0 Å². The highest BCUT2D eigenvalue weighted by atomic mass is 32.3. The second-order valence-corrected chi connectivity index (χ2v) is 6.08. The molecule has 0 bridgehead atoms. The normalized spacial score (nSPS) is 23.1. The molecule has 0 radical (unpaired) electrons. The maximum Gasteiger partial charge on any atom is 0.287 e. The lowest BCUT2D eigenvalue weighted by Crippen LogP contribution is -2.31. The van der Waals surface area contributed by atoms with Crippen LogP contribution in [-0.4, -0.2) is 30.0 Å². The summed E-state index contributed by atoms with van der Waals surface area (Å²) in [5.41, 5.74) is 0. The van der Waals surface area contributed by atoms with Gasteiger partial charge in [-0.3, -0.25) is 9.11 Å². The molecule has 11 heavy (non-hydrogen) atoms. The quantitative estimate of drug-likeness (QED) is 0.570. The van der Waals surface area contributed by atoms with Crippen LogP contribution < -0.4 is 0 Å². The Morgan fingerprint density at radius 3 is 1.18 bits per heavy atom. The zero-order valence-electron chi connectivity index (χ0n) is 5.26. The van der Waals surface area contributed by atoms with Gasteiger partial charge < -0.3 is 0 Å². The van der Waals surface area contributed by atoms with E-state index in [1.54, 1.807) is 0 Å². The highest BCUT2D eigenvalue weighted by Crippen LogP contribution is 2.46. The fourth-order valence-electron chi connectivity index (χ4n) is 0.751. The third-order valence-electron chi connectivity index (χ3n) is 1.60. The molecule has 0 spiro atoms. The summed E-state index contributed by atoms with van der Waals surface area (Å²) >= 11 is 0. The first-order valence-electron chi connectivity index (χ1n) is 2.65. The SMILES string of the molecule is O=S(=O)(O)C1(S(=O)(=O)O)CC1. The lowest BCUT2D eigenvalue weighted by molar-refractivity contribution is 0.452. The molecule has 6 nitrogen and oxygen atoms in total. The molecule has 0 aliphatic heterocycles. The Labute approximate surface area is 63.7 Å². The Bertz CT molecular complexity index is 323. The van der Waals surface area contributed by atoms with Crippen molar-refractivity contribution in [3.8, 4) is 0 Å². The first-order valence-corrected chi connectivity index (χ1v) is 5.53. The van der Waals surface area contributed by atoms with Crippen LogP contribution in [0.3, 0.4) is 0 Å². The standard InChI is InChI=1S/C3H6O6S2/c4-10(5,6)3(1-2-3)11(7,8)9/h1-2H2,(H,4,5,6)(H,7,8,9). The fraction of sp³-hybridized carbons (Fsp3) is 1.00. The summed E-state index contributed by atoms with van der Waals surface area (Å²) in [5.74, 6) is 0. The van der Waals surface area contributed by atoms with Crippen LogP contribution in [0.5, 0.6) is 0 Å². The van der Waals surface area contributed by atoms with Crippen LogP contribution in [0.4, 0.5) is 0 Å². The van der Waals surface area contributed by atoms with Crippen molar-refractivity contribution in [1.29, 1.82) is 0 Å². The third-order valence-corrected chi connectivity index (χ3v) is 5.56. The van der Waals surface area contributed by atoms with Gasteiger partial charge in [0.25, 0.3) is 20.2 Å². The van der Waals surface area contributed by atoms with Crippen LogP contribution in [-0.2, 0) is 20.2 Å². The van der Waals surface area contributed by atoms with E-state index in [-0.39, 0.29) is 12.8 Å². The summed E-state index contributed by atoms with van der Waals surface area (Å²) in [6.45, 7) is 0. The molecule has 1 aliphatic rings. The largest absolute Gasteiger partial charge is 0.287 e. The van der Waals surface area contributed by atoms with Gasteiger partial charge in [-0.15, -0.1) is 0 Å². The zero-order chi connectivity index (χ0) is 8.91. The van der Waals surface area contributed by atoms with Crippen LogP contribution >= 0.6 is 0 Å². The first-order chi connectivity index (χ1) is 4.71. The number of hydrogen-bond acceptors (Lipinski definition) is 4. The van der Waals surface area contributed by atoms with E-state index in [0.717, 1.165) is 0 Å². The van der Waals surface area contributed by atoms with Crippen LogP contribution in [0.1, 0.15) is 12.8 Å². The van der Waals surface area contributed by atoms with Gasteiger partial charge in [0.2, 0.25) is 4.08 Å². The molecule has 0 saturated heterocycles. The lowest BCUT2D eigenvalue weighted by Gasteiger charge is -2.05. The van der Waals surface area contributed by atoms with Gasteiger partial charge in [0, 0.05) is 0 Å². The Kier molecular flexibility index (Phi) is 1.58. The highest BCUT2D eigenvalue weighted by molar-refractivity contribution is 8.05. The molecular formula is C3H6O6S2. The molecule has 1 rings (SSSR count). The van der Waals surface area contributed by atoms with Crippen LogP contribution in [0, 0.1) is 0 Å². The van der Waals surface area contributed by atoms with Crippen molar-refractivity contribution in [2.24, 2.45) is 0 Å². The topological polar surface area (TPSA) is 109 Å². The average Bonchev–Trinajstić information content (AvgIpc) is 2.31. The van der Waals surface area contributed by atoms with Gasteiger partial charge >= 0.3 is 0 Å². The monoisotopic (exact) mass is 202 g/mol. The number of rotatable bonds is 2. The van der Waals surface area contributed by atoms with Gasteiger partial charge in [0.1, 0.15) is 0 Å². The second-order valence-electron chi connectivity index (χ2n) is 2.36. The first kappa shape index (κ1) is 8.91. The van der Waals surface area contributed by atoms with Crippen molar-refractivity contribution in [2.45, 2.75) is 16.9 Å². The van der Waals surface area contributed by atoms with E-state index in [2.05, 4.69) is 0 Å². The predicted octanol–water partition coefficient (Wildman–Crippen LogP) is -0.748. The van der Waals surface area contributed by atoms with E-state index in [9.17, 15) is 16.8 Å². The maximum absolute atomic E-state index is 10.4. The molecule has 1 fully saturated rings. The molecule has 8 heteroatoms. The molecule has 66 valence electrons. The molecule has 0 amide bonds. The van der Waals surface area contributed by atoms with E-state index in [1.807, 2.05) is 0 Å². The summed E-state index contributed by atoms with van der Waals surface area (Å²) in [7, 11) is -9.37. The predicted molar refractivity (Wildman–Crippen MR) is 35.1 cm³/mol. The van der Waals surface area contributed by atoms with Gasteiger partial charge in [-0.2, -0.15) is 16.8 Å². The lowest BCUT2D eigenvalue weighted by atomic mass is 10.9. The minimum Gasteiger partial charge on any atom is -0.284 e. The minimum absolute atomic E-state index is 0.245. The minimum atomic E-state index is -4.69. The van der Waals surface area contributed by atoms with Gasteiger partial charge in [-0.1, -0.05) is 0 Å². The van der Waals surface area contributed by atoms with Gasteiger partial charge in [-0.25, -0.2) is 0 Å². The van der Waals surface area contributed by atoms with E-state index in [1.165, 1.54) is 0 Å². The van der Waals surface area contributed by atoms with Crippen molar-refractivity contribution in [3.05, 3.63) is 0 Å². The third kappa shape index (κ3) is 1.15. The Morgan fingerprint density at radius 1 is 0.909 bits per heavy atom. The summed E-state index contributed by atoms with van der Waals surface area (Å²) < 4.78 is 55.9. The molecule has 1 saturated carbocycles. The van der Waals surface area contributed by atoms with E-state index >= 15 is 0 Å². The summed E-state index contributed by atoms with van der Waals surface area (Å²) in [4.78, 5) is 0. The Morgan fingerprint density at radius 2 is 1.18 bits per heavy atom. The Balaban J connectivity index is 3.26. The van der Waals surface area contributed by atoms with E-state index in [4.69, 9.17) is 9.11 Å². The van der Waals surface area contributed by atoms with Gasteiger partial charge in [0.05, 0.1) is 0 Å². The molecular weight excluding hydrogens is 196 g/mol. The van der Waals surface area contributed by atoms with Crippen molar-refractivity contribution >= 4 is 20.2 Å². The van der Waals surface area contributed by atoms with Gasteiger partial charge in [0.15, 0.2) is 0 Å². The fourth-order valence-corrected chi connectivity index (χ4v) is 3.05. The van der Waals surface area contributed by atoms with Crippen molar-refractivity contribution in [1.82, 2.24) is 0 Å². The smallest absolute Gasteiger partial charge is 0.284 e. The zero-order valence-corrected chi connectivity index (χ0v) is 6.89. The van der Waals surface area contributed by atoms with Gasteiger partial charge in [-0.05, 0) is 12.8 Å². The van der Waals surface area contributed by atoms with E-state index < -0.39 is 24.3 Å². The van der Waals surface area contributed by atoms with Crippen LogP contribution in [0.15, 0.2) is 0 Å². The van der Waals surface area contributed by atoms with Crippen molar-refractivity contribution in [3.63, 3.8) is 0 Å². The van der Waals surface area contributed by atoms with Crippen molar-refractivity contribution in [2.75, 3.05) is 0 Å². The molecule has 0 aromatic heterocycles. The molecule has 0 atom stereocenters. The molecule has 0 unspecified atom stereocenters. The molecule has 1 aliphatic carbocycles. The molecule has 0 heterocycles. The molecule has 2 N–H and O–H groups in total. The maximum atomic E-state index is 10.4. The summed E-state index contributed by atoms with van der Waals surface area (Å²) in [6.07, 6.45) is -0.491. The van der Waals surface area contributed by atoms with Crippen LogP contribution in [0.2, 0.25) is 0 Å². The molecule has 0 aromatic carbocycles. The second kappa shape index (κ2) is 1.94. The number of hydrogen-bond donors (Lipinski definition) is 2. The molecule has 0 aromatic rings. The Hall–Kier alpha value is -0.180.